The van der Waals surface area contributed by atoms with Crippen molar-refractivity contribution in [3.8, 4) is 0 Å². The quantitative estimate of drug-likeness (QED) is 0.476. The van der Waals surface area contributed by atoms with Gasteiger partial charge < -0.3 is 9.80 Å². The summed E-state index contributed by atoms with van der Waals surface area (Å²) < 4.78 is 0. The lowest BCUT2D eigenvalue weighted by molar-refractivity contribution is 0.393. The number of hydrogen-bond donors (Lipinski definition) is 1. The Morgan fingerprint density at radius 2 is 1.65 bits per heavy atom. The molecule has 0 saturated carbocycles. The van der Waals surface area contributed by atoms with Crippen LogP contribution < -0.4 is 4.90 Å². The van der Waals surface area contributed by atoms with Gasteiger partial charge in [0.25, 0.3) is 0 Å². The molecule has 1 N–H and O–H groups in total. The Hall–Kier alpha value is -2.29. The Labute approximate surface area is 159 Å². The fourth-order valence-corrected chi connectivity index (χ4v) is 3.01. The maximum absolute atomic E-state index is 8.74. The Kier molecular flexibility index (Phi) is 7.71. The Morgan fingerprint density at radius 3 is 2.23 bits per heavy atom. The van der Waals surface area contributed by atoms with Crippen LogP contribution in [0.2, 0.25) is 0 Å². The van der Waals surface area contributed by atoms with Crippen LogP contribution in [0.4, 0.5) is 5.69 Å². The second-order valence-corrected chi connectivity index (χ2v) is 7.04. The molecule has 0 bridgehead atoms. The number of anilines is 1. The molecule has 0 aliphatic carbocycles. The van der Waals surface area contributed by atoms with Crippen LogP contribution in [0, 0.1) is 5.41 Å². The van der Waals surface area contributed by atoms with Gasteiger partial charge in [0, 0.05) is 25.8 Å². The summed E-state index contributed by atoms with van der Waals surface area (Å²) in [6.45, 7) is 8.35. The maximum Gasteiger partial charge on any atom is 0.198 e. The molecule has 0 aromatic heterocycles. The molecular formula is C23H33N3. The predicted octanol–water partition coefficient (Wildman–Crippen LogP) is 5.87. The van der Waals surface area contributed by atoms with E-state index in [0.717, 1.165) is 38.0 Å². The normalized spacial score (nSPS) is 11.8. The van der Waals surface area contributed by atoms with E-state index in [4.69, 9.17) is 5.41 Å². The zero-order valence-corrected chi connectivity index (χ0v) is 16.7. The minimum absolute atomic E-state index is 0.554. The van der Waals surface area contributed by atoms with Crippen LogP contribution in [0.1, 0.15) is 57.1 Å². The second-order valence-electron chi connectivity index (χ2n) is 7.04. The molecule has 140 valence electrons. The highest BCUT2D eigenvalue weighted by atomic mass is 15.3. The molecule has 2 aromatic carbocycles. The van der Waals surface area contributed by atoms with Crippen molar-refractivity contribution in [1.29, 1.82) is 5.41 Å². The zero-order valence-electron chi connectivity index (χ0n) is 16.7. The standard InChI is InChI=1S/C23H33N3/c1-5-7-17-26(18-20-11-9-8-10-12-20)23(24)25(4)22-15-13-21(14-16-22)19(3)6-2/h8-16,19,24H,5-7,17-18H2,1-4H3. The molecule has 3 nitrogen and oxygen atoms in total. The lowest BCUT2D eigenvalue weighted by atomic mass is 9.98. The molecule has 0 aliphatic rings. The molecule has 1 atom stereocenters. The lowest BCUT2D eigenvalue weighted by Crippen LogP contribution is -2.42. The van der Waals surface area contributed by atoms with Crippen LogP contribution in [0.15, 0.2) is 54.6 Å². The highest BCUT2D eigenvalue weighted by Crippen LogP contribution is 2.22. The van der Waals surface area contributed by atoms with Crippen molar-refractivity contribution >= 4 is 11.6 Å². The van der Waals surface area contributed by atoms with Gasteiger partial charge in [-0.2, -0.15) is 0 Å². The number of nitrogens with zero attached hydrogens (tertiary/aromatic N) is 2. The van der Waals surface area contributed by atoms with E-state index in [1.807, 2.05) is 18.0 Å². The number of nitrogens with one attached hydrogen (secondary N) is 1. The third-order valence-corrected chi connectivity index (χ3v) is 5.08. The fraction of sp³-hybridized carbons (Fsp3) is 0.435. The van der Waals surface area contributed by atoms with Gasteiger partial charge in [0.05, 0.1) is 0 Å². The first-order valence-electron chi connectivity index (χ1n) is 9.77. The molecule has 2 rings (SSSR count). The summed E-state index contributed by atoms with van der Waals surface area (Å²) in [6, 6.07) is 19.1. The van der Waals surface area contributed by atoms with Gasteiger partial charge in [0.2, 0.25) is 0 Å². The molecule has 2 aromatic rings. The van der Waals surface area contributed by atoms with E-state index in [-0.39, 0.29) is 0 Å². The Morgan fingerprint density at radius 1 is 1.00 bits per heavy atom. The first-order valence-corrected chi connectivity index (χ1v) is 9.77. The summed E-state index contributed by atoms with van der Waals surface area (Å²) in [4.78, 5) is 4.15. The average Bonchev–Trinajstić information content (AvgIpc) is 2.70. The first kappa shape index (κ1) is 20.0. The summed E-state index contributed by atoms with van der Waals surface area (Å²) in [5.41, 5.74) is 3.67. The van der Waals surface area contributed by atoms with E-state index in [1.165, 1.54) is 11.1 Å². The lowest BCUT2D eigenvalue weighted by Gasteiger charge is -2.31. The van der Waals surface area contributed by atoms with Gasteiger partial charge in [-0.15, -0.1) is 0 Å². The topological polar surface area (TPSA) is 30.3 Å². The highest BCUT2D eigenvalue weighted by molar-refractivity contribution is 5.93. The summed E-state index contributed by atoms with van der Waals surface area (Å²) >= 11 is 0. The summed E-state index contributed by atoms with van der Waals surface area (Å²) in [5.74, 6) is 1.13. The molecule has 26 heavy (non-hydrogen) atoms. The van der Waals surface area contributed by atoms with Gasteiger partial charge in [-0.1, -0.05) is 69.7 Å². The van der Waals surface area contributed by atoms with Gasteiger partial charge >= 0.3 is 0 Å². The van der Waals surface area contributed by atoms with Crippen molar-refractivity contribution in [2.45, 2.75) is 52.5 Å². The van der Waals surface area contributed by atoms with Crippen molar-refractivity contribution in [1.82, 2.24) is 4.90 Å². The van der Waals surface area contributed by atoms with Crippen molar-refractivity contribution in [2.24, 2.45) is 0 Å². The Balaban J connectivity index is 2.12. The van der Waals surface area contributed by atoms with E-state index in [9.17, 15) is 0 Å². The van der Waals surface area contributed by atoms with E-state index in [1.54, 1.807) is 0 Å². The molecule has 1 unspecified atom stereocenters. The molecule has 3 heteroatoms. The number of hydrogen-bond acceptors (Lipinski definition) is 1. The minimum Gasteiger partial charge on any atom is -0.338 e. The molecule has 0 heterocycles. The van der Waals surface area contributed by atoms with E-state index in [0.29, 0.717) is 11.9 Å². The molecule has 0 radical (unpaired) electrons. The third-order valence-electron chi connectivity index (χ3n) is 5.08. The van der Waals surface area contributed by atoms with Crippen LogP contribution in [0.25, 0.3) is 0 Å². The number of benzene rings is 2. The van der Waals surface area contributed by atoms with Crippen LogP contribution >= 0.6 is 0 Å². The molecule has 0 amide bonds. The average molecular weight is 352 g/mol. The zero-order chi connectivity index (χ0) is 18.9. The number of unbranched alkanes of at least 4 members (excludes halogenated alkanes) is 1. The van der Waals surface area contributed by atoms with Gasteiger partial charge in [-0.25, -0.2) is 0 Å². The van der Waals surface area contributed by atoms with Crippen molar-refractivity contribution < 1.29 is 0 Å². The van der Waals surface area contributed by atoms with Crippen LogP contribution in [0.5, 0.6) is 0 Å². The second kappa shape index (κ2) is 10.0. The van der Waals surface area contributed by atoms with Crippen molar-refractivity contribution in [3.05, 3.63) is 65.7 Å². The third kappa shape index (κ3) is 5.35. The maximum atomic E-state index is 8.74. The molecule has 0 aliphatic heterocycles. The fourth-order valence-electron chi connectivity index (χ4n) is 3.01. The molecular weight excluding hydrogens is 318 g/mol. The SMILES string of the molecule is CCCCN(Cc1ccccc1)C(=N)N(C)c1ccc(C(C)CC)cc1. The van der Waals surface area contributed by atoms with E-state index < -0.39 is 0 Å². The summed E-state index contributed by atoms with van der Waals surface area (Å²) in [6.07, 6.45) is 3.37. The van der Waals surface area contributed by atoms with Crippen LogP contribution in [-0.2, 0) is 6.54 Å². The monoisotopic (exact) mass is 351 g/mol. The van der Waals surface area contributed by atoms with Crippen LogP contribution in [-0.4, -0.2) is 24.5 Å². The van der Waals surface area contributed by atoms with E-state index >= 15 is 0 Å². The first-order chi connectivity index (χ1) is 12.6. The van der Waals surface area contributed by atoms with Crippen LogP contribution in [0.3, 0.4) is 0 Å². The largest absolute Gasteiger partial charge is 0.338 e. The Bertz CT molecular complexity index is 664. The van der Waals surface area contributed by atoms with Gasteiger partial charge in [0.15, 0.2) is 5.96 Å². The van der Waals surface area contributed by atoms with Gasteiger partial charge in [-0.3, -0.25) is 5.41 Å². The molecule has 0 saturated heterocycles. The van der Waals surface area contributed by atoms with Gasteiger partial charge in [-0.05, 0) is 42.0 Å². The van der Waals surface area contributed by atoms with Gasteiger partial charge in [0.1, 0.15) is 0 Å². The predicted molar refractivity (Wildman–Crippen MR) is 113 cm³/mol. The molecule has 0 spiro atoms. The minimum atomic E-state index is 0.554. The van der Waals surface area contributed by atoms with Crippen molar-refractivity contribution in [2.75, 3.05) is 18.5 Å². The number of guanidine groups is 1. The summed E-state index contributed by atoms with van der Waals surface area (Å²) in [7, 11) is 1.99. The van der Waals surface area contributed by atoms with Crippen molar-refractivity contribution in [3.63, 3.8) is 0 Å². The summed E-state index contributed by atoms with van der Waals surface area (Å²) in [5, 5.41) is 8.74. The highest BCUT2D eigenvalue weighted by Gasteiger charge is 2.16. The smallest absolute Gasteiger partial charge is 0.198 e. The number of rotatable bonds is 8. The van der Waals surface area contributed by atoms with E-state index in [2.05, 4.69) is 74.2 Å². The molecule has 0 fully saturated rings.